The summed E-state index contributed by atoms with van der Waals surface area (Å²) in [5.74, 6) is 1.24. The molecule has 0 spiro atoms. The van der Waals surface area contributed by atoms with Crippen LogP contribution in [0.1, 0.15) is 6.92 Å². The highest BCUT2D eigenvalue weighted by Crippen LogP contribution is 2.41. The number of benzene rings is 2. The first kappa shape index (κ1) is 17.9. The number of ether oxygens (including phenoxy) is 4. The molecule has 2 rings (SSSR count). The molecule has 128 valence electrons. The second-order valence-corrected chi connectivity index (χ2v) is 5.19. The number of hydrogen-bond acceptors (Lipinski definition) is 5. The predicted octanol–water partition coefficient (Wildman–Crippen LogP) is 3.92. The maximum absolute atomic E-state index is 11.4. The molecule has 0 aliphatic rings. The van der Waals surface area contributed by atoms with Gasteiger partial charge in [-0.05, 0) is 6.92 Å². The van der Waals surface area contributed by atoms with Crippen LogP contribution in [0.2, 0.25) is 0 Å². The Balaban J connectivity index is 2.24. The highest BCUT2D eigenvalue weighted by Gasteiger charge is 2.15. The summed E-state index contributed by atoms with van der Waals surface area (Å²) in [6.45, 7) is 5.42. The number of methoxy groups -OCH3 is 1. The molecular formula is C18H19ClO5. The number of hydrogen-bond donors (Lipinski definition) is 0. The van der Waals surface area contributed by atoms with E-state index in [0.29, 0.717) is 22.8 Å². The number of alkyl halides is 1. The molecule has 0 saturated heterocycles. The van der Waals surface area contributed by atoms with Crippen molar-refractivity contribution in [2.24, 2.45) is 0 Å². The van der Waals surface area contributed by atoms with Crippen LogP contribution in [0.25, 0.3) is 10.8 Å². The minimum Gasteiger partial charge on any atom is -0.493 e. The van der Waals surface area contributed by atoms with Crippen molar-refractivity contribution in [3.05, 3.63) is 42.5 Å². The van der Waals surface area contributed by atoms with Crippen molar-refractivity contribution in [2.45, 2.75) is 6.92 Å². The first-order valence-electron chi connectivity index (χ1n) is 7.32. The molecule has 0 saturated carbocycles. The molecule has 0 aromatic heterocycles. The normalized spacial score (nSPS) is 10.3. The van der Waals surface area contributed by atoms with Crippen molar-refractivity contribution in [1.82, 2.24) is 0 Å². The fourth-order valence-corrected chi connectivity index (χ4v) is 2.29. The molecule has 6 heteroatoms. The van der Waals surface area contributed by atoms with Gasteiger partial charge in [-0.2, -0.15) is 0 Å². The molecule has 0 bridgehead atoms. The molecule has 5 nitrogen and oxygen atoms in total. The Bertz CT molecular complexity index is 742. The van der Waals surface area contributed by atoms with E-state index in [4.69, 9.17) is 30.5 Å². The van der Waals surface area contributed by atoms with E-state index in [2.05, 4.69) is 6.58 Å². The topological polar surface area (TPSA) is 54.0 Å². The summed E-state index contributed by atoms with van der Waals surface area (Å²) in [6, 6.07) is 9.34. The lowest BCUT2D eigenvalue weighted by Gasteiger charge is -2.16. The van der Waals surface area contributed by atoms with Gasteiger partial charge in [0, 0.05) is 22.4 Å². The van der Waals surface area contributed by atoms with Gasteiger partial charge >= 0.3 is 5.97 Å². The van der Waals surface area contributed by atoms with Gasteiger partial charge in [-0.3, -0.25) is 0 Å². The number of halogens is 1. The first-order chi connectivity index (χ1) is 11.6. The van der Waals surface area contributed by atoms with Gasteiger partial charge in [-0.25, -0.2) is 4.79 Å². The molecule has 0 atom stereocenters. The summed E-state index contributed by atoms with van der Waals surface area (Å²) in [5.41, 5.74) is 0.348. The standard InChI is InChI=1S/C18H19ClO5/c1-12(2)18(20)23-9-8-22-17-14-7-5-4-6-13(14)15(24-11-19)10-16(17)21-3/h4-7,10H,1,8-9,11H2,2-3H3. The summed E-state index contributed by atoms with van der Waals surface area (Å²) in [5, 5.41) is 1.68. The minimum absolute atomic E-state index is 0.0320. The van der Waals surface area contributed by atoms with Gasteiger partial charge < -0.3 is 18.9 Å². The van der Waals surface area contributed by atoms with Crippen molar-refractivity contribution < 1.29 is 23.7 Å². The van der Waals surface area contributed by atoms with Gasteiger partial charge in [0.2, 0.25) is 0 Å². The van der Waals surface area contributed by atoms with Gasteiger partial charge in [0.15, 0.2) is 17.6 Å². The summed E-state index contributed by atoms with van der Waals surface area (Å²) in [6.07, 6.45) is 0. The Kier molecular flexibility index (Phi) is 6.32. The summed E-state index contributed by atoms with van der Waals surface area (Å²) < 4.78 is 21.6. The molecule has 0 aliphatic carbocycles. The molecule has 0 unspecified atom stereocenters. The average Bonchev–Trinajstić information content (AvgIpc) is 2.59. The zero-order valence-electron chi connectivity index (χ0n) is 13.6. The number of esters is 1. The van der Waals surface area contributed by atoms with E-state index in [1.54, 1.807) is 20.1 Å². The van der Waals surface area contributed by atoms with Crippen LogP contribution in [-0.4, -0.2) is 32.4 Å². The first-order valence-corrected chi connectivity index (χ1v) is 7.85. The highest BCUT2D eigenvalue weighted by molar-refractivity contribution is 6.17. The molecular weight excluding hydrogens is 332 g/mol. The fraction of sp³-hybridized carbons (Fsp3) is 0.278. The van der Waals surface area contributed by atoms with Gasteiger partial charge in [0.05, 0.1) is 7.11 Å². The second kappa shape index (κ2) is 8.45. The van der Waals surface area contributed by atoms with Crippen LogP contribution >= 0.6 is 11.6 Å². The van der Waals surface area contributed by atoms with Crippen LogP contribution in [0.15, 0.2) is 42.5 Å². The summed E-state index contributed by atoms with van der Waals surface area (Å²) in [4.78, 5) is 11.4. The quantitative estimate of drug-likeness (QED) is 0.312. The Morgan fingerprint density at radius 1 is 1.12 bits per heavy atom. The lowest BCUT2D eigenvalue weighted by atomic mass is 10.1. The van der Waals surface area contributed by atoms with Gasteiger partial charge in [-0.15, -0.1) is 0 Å². The summed E-state index contributed by atoms with van der Waals surface area (Å²) >= 11 is 5.68. The fourth-order valence-electron chi connectivity index (χ4n) is 2.17. The van der Waals surface area contributed by atoms with Crippen LogP contribution in [0, 0.1) is 0 Å². The third-order valence-electron chi connectivity index (χ3n) is 3.26. The highest BCUT2D eigenvalue weighted by atomic mass is 35.5. The third kappa shape index (κ3) is 4.11. The molecule has 0 N–H and O–H groups in total. The van der Waals surface area contributed by atoms with Crippen molar-refractivity contribution in [3.8, 4) is 17.2 Å². The molecule has 0 radical (unpaired) electrons. The predicted molar refractivity (Wildman–Crippen MR) is 93.1 cm³/mol. The monoisotopic (exact) mass is 350 g/mol. The molecule has 0 fully saturated rings. The average molecular weight is 351 g/mol. The van der Waals surface area contributed by atoms with E-state index < -0.39 is 5.97 Å². The maximum Gasteiger partial charge on any atom is 0.333 e. The van der Waals surface area contributed by atoms with Crippen molar-refractivity contribution in [1.29, 1.82) is 0 Å². The van der Waals surface area contributed by atoms with E-state index >= 15 is 0 Å². The van der Waals surface area contributed by atoms with Crippen molar-refractivity contribution in [2.75, 3.05) is 26.4 Å². The lowest BCUT2D eigenvalue weighted by molar-refractivity contribution is -0.139. The van der Waals surface area contributed by atoms with E-state index in [0.717, 1.165) is 10.8 Å². The van der Waals surface area contributed by atoms with Crippen LogP contribution in [-0.2, 0) is 9.53 Å². The number of rotatable bonds is 8. The Morgan fingerprint density at radius 2 is 1.83 bits per heavy atom. The lowest BCUT2D eigenvalue weighted by Crippen LogP contribution is -2.13. The van der Waals surface area contributed by atoms with E-state index in [-0.39, 0.29) is 19.3 Å². The Morgan fingerprint density at radius 3 is 2.46 bits per heavy atom. The zero-order chi connectivity index (χ0) is 17.5. The molecule has 0 aliphatic heterocycles. The van der Waals surface area contributed by atoms with E-state index in [1.165, 1.54) is 0 Å². The smallest absolute Gasteiger partial charge is 0.333 e. The van der Waals surface area contributed by atoms with Crippen LogP contribution < -0.4 is 14.2 Å². The number of fused-ring (bicyclic) bond motifs is 1. The second-order valence-electron chi connectivity index (χ2n) is 4.97. The maximum atomic E-state index is 11.4. The summed E-state index contributed by atoms with van der Waals surface area (Å²) in [7, 11) is 1.54. The molecule has 0 amide bonds. The molecule has 2 aromatic carbocycles. The molecule has 2 aromatic rings. The molecule has 24 heavy (non-hydrogen) atoms. The number of carbonyl (C=O) groups is 1. The minimum atomic E-state index is -0.443. The Labute approximate surface area is 145 Å². The van der Waals surface area contributed by atoms with Crippen molar-refractivity contribution >= 4 is 28.3 Å². The van der Waals surface area contributed by atoms with Gasteiger partial charge in [0.25, 0.3) is 0 Å². The van der Waals surface area contributed by atoms with Gasteiger partial charge in [0.1, 0.15) is 19.0 Å². The number of carbonyl (C=O) groups excluding carboxylic acids is 1. The SMILES string of the molecule is C=C(C)C(=O)OCCOc1c(OC)cc(OCCl)c2ccccc12. The third-order valence-corrected chi connectivity index (χ3v) is 3.37. The van der Waals surface area contributed by atoms with Crippen molar-refractivity contribution in [3.63, 3.8) is 0 Å². The van der Waals surface area contributed by atoms with Gasteiger partial charge in [-0.1, -0.05) is 42.4 Å². The van der Waals surface area contributed by atoms with Crippen LogP contribution in [0.4, 0.5) is 0 Å². The van der Waals surface area contributed by atoms with Crippen LogP contribution in [0.5, 0.6) is 17.2 Å². The van der Waals surface area contributed by atoms with E-state index in [1.807, 2.05) is 24.3 Å². The van der Waals surface area contributed by atoms with E-state index in [9.17, 15) is 4.79 Å². The largest absolute Gasteiger partial charge is 0.493 e. The Hall–Kier alpha value is -2.40. The molecule has 0 heterocycles. The zero-order valence-corrected chi connectivity index (χ0v) is 14.4. The van der Waals surface area contributed by atoms with Crippen LogP contribution in [0.3, 0.4) is 0 Å².